The second-order valence-corrected chi connectivity index (χ2v) is 9.01. The smallest absolute Gasteiger partial charge is 0.281 e. The second kappa shape index (κ2) is 8.83. The van der Waals surface area contributed by atoms with Gasteiger partial charge in [0.05, 0.1) is 5.69 Å². The Balaban J connectivity index is 1.46. The highest BCUT2D eigenvalue weighted by Gasteiger charge is 2.32. The van der Waals surface area contributed by atoms with Crippen LogP contribution in [0.3, 0.4) is 0 Å². The molecule has 5 rings (SSSR count). The number of fused-ring (bicyclic) bond motifs is 1. The van der Waals surface area contributed by atoms with Crippen molar-refractivity contribution in [1.29, 1.82) is 0 Å². The van der Waals surface area contributed by atoms with Crippen molar-refractivity contribution in [1.82, 2.24) is 14.8 Å². The van der Waals surface area contributed by atoms with Gasteiger partial charge in [-0.15, -0.1) is 0 Å². The summed E-state index contributed by atoms with van der Waals surface area (Å²) in [5.74, 6) is -0.0603. The summed E-state index contributed by atoms with van der Waals surface area (Å²) in [6, 6.07) is 17.6. The second-order valence-electron chi connectivity index (χ2n) is 8.63. The summed E-state index contributed by atoms with van der Waals surface area (Å²) in [4.78, 5) is 29.7. The normalized spacial score (nSPS) is 20.0. The van der Waals surface area contributed by atoms with Crippen LogP contribution in [0.25, 0.3) is 17.0 Å². The van der Waals surface area contributed by atoms with Gasteiger partial charge < -0.3 is 14.8 Å². The highest BCUT2D eigenvalue weighted by Crippen LogP contribution is 2.27. The summed E-state index contributed by atoms with van der Waals surface area (Å²) >= 11 is 5.43. The molecule has 2 saturated heterocycles. The maximum Gasteiger partial charge on any atom is 0.281 e. The molecule has 2 aliphatic rings. The fourth-order valence-corrected chi connectivity index (χ4v) is 5.03. The minimum Gasteiger partial charge on any atom is -0.338 e. The van der Waals surface area contributed by atoms with Crippen LogP contribution in [0.2, 0.25) is 0 Å². The number of hydrogen-bond acceptors (Lipinski definition) is 3. The number of nitrogens with one attached hydrogen (secondary N) is 1. The van der Waals surface area contributed by atoms with E-state index < -0.39 is 0 Å². The standard InChI is InChI=1S/C26H26N4O2S/c1-18-9-7-8-14-29(18)24(31)17-28-16-19(21-12-5-6-13-23(21)28)15-22-25(32)30(26(33)27-22)20-10-3-2-4-11-20/h2-6,10-13,15-16,18H,7-9,14,17H2,1H3,(H,27,33)/b22-15-/t18-/m1/s1. The van der Waals surface area contributed by atoms with Gasteiger partial charge in [0, 0.05) is 35.2 Å². The van der Waals surface area contributed by atoms with E-state index in [0.29, 0.717) is 10.8 Å². The van der Waals surface area contributed by atoms with Crippen LogP contribution in [-0.4, -0.2) is 39.0 Å². The van der Waals surface area contributed by atoms with Gasteiger partial charge >= 0.3 is 0 Å². The van der Waals surface area contributed by atoms with E-state index in [2.05, 4.69) is 12.2 Å². The topological polar surface area (TPSA) is 57.6 Å². The zero-order chi connectivity index (χ0) is 22.9. The first-order valence-corrected chi connectivity index (χ1v) is 11.7. The minimum atomic E-state index is -0.193. The average Bonchev–Trinajstić information content (AvgIpc) is 3.31. The third-order valence-electron chi connectivity index (χ3n) is 6.44. The highest BCUT2D eigenvalue weighted by atomic mass is 32.1. The van der Waals surface area contributed by atoms with Crippen LogP contribution in [0.4, 0.5) is 5.69 Å². The Bertz CT molecular complexity index is 1260. The molecule has 168 valence electrons. The third-order valence-corrected chi connectivity index (χ3v) is 6.73. The van der Waals surface area contributed by atoms with E-state index in [-0.39, 0.29) is 24.4 Å². The molecule has 2 aromatic carbocycles. The van der Waals surface area contributed by atoms with Crippen LogP contribution < -0.4 is 10.2 Å². The lowest BCUT2D eigenvalue weighted by molar-refractivity contribution is -0.135. The Kier molecular flexibility index (Phi) is 5.72. The summed E-state index contributed by atoms with van der Waals surface area (Å²) in [5, 5.41) is 4.40. The average molecular weight is 459 g/mol. The SMILES string of the molecule is C[C@@H]1CCCCN1C(=O)Cn1cc(/C=C2\NC(=S)N(c3ccccc3)C2=O)c2ccccc21. The number of carbonyl (C=O) groups is 2. The molecule has 2 amide bonds. The Labute approximate surface area is 198 Å². The third kappa shape index (κ3) is 4.04. The predicted molar refractivity (Wildman–Crippen MR) is 135 cm³/mol. The summed E-state index contributed by atoms with van der Waals surface area (Å²) in [5.41, 5.74) is 2.99. The molecule has 2 fully saturated rings. The molecule has 1 atom stereocenters. The van der Waals surface area contributed by atoms with E-state index >= 15 is 0 Å². The van der Waals surface area contributed by atoms with Gasteiger partial charge in [-0.3, -0.25) is 14.5 Å². The monoisotopic (exact) mass is 458 g/mol. The molecule has 1 N–H and O–H groups in total. The van der Waals surface area contributed by atoms with Crippen molar-refractivity contribution in [2.45, 2.75) is 38.8 Å². The largest absolute Gasteiger partial charge is 0.338 e. The van der Waals surface area contributed by atoms with Crippen molar-refractivity contribution >= 4 is 51.8 Å². The zero-order valence-corrected chi connectivity index (χ0v) is 19.3. The number of benzene rings is 2. The Morgan fingerprint density at radius 1 is 1.12 bits per heavy atom. The number of carbonyl (C=O) groups excluding carboxylic acids is 2. The van der Waals surface area contributed by atoms with Crippen molar-refractivity contribution in [3.05, 3.63) is 72.1 Å². The molecule has 0 bridgehead atoms. The van der Waals surface area contributed by atoms with Crippen molar-refractivity contribution in [3.63, 3.8) is 0 Å². The number of thiocarbonyl (C=S) groups is 1. The van der Waals surface area contributed by atoms with Crippen LogP contribution in [0, 0.1) is 0 Å². The number of aromatic nitrogens is 1. The van der Waals surface area contributed by atoms with Crippen LogP contribution in [0.1, 0.15) is 31.7 Å². The van der Waals surface area contributed by atoms with Gasteiger partial charge in [0.1, 0.15) is 12.2 Å². The molecule has 0 spiro atoms. The van der Waals surface area contributed by atoms with E-state index in [9.17, 15) is 9.59 Å². The molecule has 0 unspecified atom stereocenters. The van der Waals surface area contributed by atoms with Crippen LogP contribution >= 0.6 is 12.2 Å². The van der Waals surface area contributed by atoms with E-state index in [1.807, 2.05) is 76.3 Å². The number of para-hydroxylation sites is 2. The fraction of sp³-hybridized carbons (Fsp3) is 0.269. The van der Waals surface area contributed by atoms with Gasteiger partial charge in [-0.2, -0.15) is 0 Å². The van der Waals surface area contributed by atoms with E-state index in [1.165, 1.54) is 11.3 Å². The molecule has 0 radical (unpaired) electrons. The minimum absolute atomic E-state index is 0.133. The molecule has 7 heteroatoms. The van der Waals surface area contributed by atoms with Gasteiger partial charge in [-0.25, -0.2) is 0 Å². The Morgan fingerprint density at radius 3 is 2.67 bits per heavy atom. The maximum atomic E-state index is 13.1. The molecule has 0 saturated carbocycles. The first-order valence-electron chi connectivity index (χ1n) is 11.3. The molecule has 33 heavy (non-hydrogen) atoms. The van der Waals surface area contributed by atoms with Gasteiger partial charge in [0.25, 0.3) is 5.91 Å². The maximum absolute atomic E-state index is 13.1. The number of rotatable bonds is 4. The molecule has 3 heterocycles. The first-order chi connectivity index (χ1) is 16.0. The Morgan fingerprint density at radius 2 is 1.88 bits per heavy atom. The summed E-state index contributed by atoms with van der Waals surface area (Å²) in [6.07, 6.45) is 7.07. The van der Waals surface area contributed by atoms with Crippen LogP contribution in [-0.2, 0) is 16.1 Å². The van der Waals surface area contributed by atoms with E-state index in [4.69, 9.17) is 12.2 Å². The number of nitrogens with zero attached hydrogens (tertiary/aromatic N) is 3. The Hall–Kier alpha value is -3.45. The van der Waals surface area contributed by atoms with E-state index in [0.717, 1.165) is 41.5 Å². The molecular weight excluding hydrogens is 432 g/mol. The summed E-state index contributed by atoms with van der Waals surface area (Å²) in [6.45, 7) is 3.23. The van der Waals surface area contributed by atoms with Gasteiger partial charge in [0.2, 0.25) is 5.91 Å². The zero-order valence-electron chi connectivity index (χ0n) is 18.5. The lowest BCUT2D eigenvalue weighted by atomic mass is 10.0. The summed E-state index contributed by atoms with van der Waals surface area (Å²) in [7, 11) is 0. The van der Waals surface area contributed by atoms with Crippen LogP contribution in [0.15, 0.2) is 66.5 Å². The molecule has 6 nitrogen and oxygen atoms in total. The number of anilines is 1. The molecule has 1 aromatic heterocycles. The van der Waals surface area contributed by atoms with Gasteiger partial charge in [0.15, 0.2) is 5.11 Å². The van der Waals surface area contributed by atoms with Gasteiger partial charge in [-0.05, 0) is 62.7 Å². The number of likely N-dealkylation sites (tertiary alicyclic amines) is 1. The van der Waals surface area contributed by atoms with Crippen molar-refractivity contribution in [2.75, 3.05) is 11.4 Å². The van der Waals surface area contributed by atoms with Gasteiger partial charge in [-0.1, -0.05) is 36.4 Å². The number of amides is 2. The van der Waals surface area contributed by atoms with Crippen molar-refractivity contribution in [3.8, 4) is 0 Å². The molecule has 2 aliphatic heterocycles. The summed E-state index contributed by atoms with van der Waals surface area (Å²) < 4.78 is 1.98. The lowest BCUT2D eigenvalue weighted by Crippen LogP contribution is -2.43. The molecule has 0 aliphatic carbocycles. The van der Waals surface area contributed by atoms with Crippen LogP contribution in [0.5, 0.6) is 0 Å². The first kappa shape index (κ1) is 21.4. The highest BCUT2D eigenvalue weighted by molar-refractivity contribution is 7.80. The lowest BCUT2D eigenvalue weighted by Gasteiger charge is -2.33. The molecular formula is C26H26N4O2S. The molecule has 3 aromatic rings. The predicted octanol–water partition coefficient (Wildman–Crippen LogP) is 4.30. The number of piperidine rings is 1. The quantitative estimate of drug-likeness (QED) is 0.468. The fourth-order valence-electron chi connectivity index (χ4n) is 4.73. The number of hydrogen-bond donors (Lipinski definition) is 1. The van der Waals surface area contributed by atoms with Crippen molar-refractivity contribution < 1.29 is 9.59 Å². The van der Waals surface area contributed by atoms with E-state index in [1.54, 1.807) is 0 Å². The van der Waals surface area contributed by atoms with Crippen molar-refractivity contribution in [2.24, 2.45) is 0 Å².